The van der Waals surface area contributed by atoms with Crippen LogP contribution in [0.5, 0.6) is 5.75 Å². The van der Waals surface area contributed by atoms with Crippen LogP contribution in [0.1, 0.15) is 36.7 Å². The van der Waals surface area contributed by atoms with Crippen LogP contribution in [0.2, 0.25) is 0 Å². The average molecular weight is 418 g/mol. The molecule has 4 amide bonds. The Morgan fingerprint density at radius 3 is 2.63 bits per heavy atom. The van der Waals surface area contributed by atoms with Gasteiger partial charge in [0.05, 0.1) is 20.2 Å². The molecule has 0 aliphatic carbocycles. The topological polar surface area (TPSA) is 126 Å². The Bertz CT molecular complexity index is 894. The number of ether oxygens (including phenoxy) is 2. The lowest BCUT2D eigenvalue weighted by Gasteiger charge is -2.39. The highest BCUT2D eigenvalue weighted by Crippen LogP contribution is 2.28. The number of alkyl carbamates (subject to hydrolysis) is 1. The van der Waals surface area contributed by atoms with E-state index in [0.717, 1.165) is 5.56 Å². The van der Waals surface area contributed by atoms with E-state index in [1.807, 2.05) is 0 Å². The van der Waals surface area contributed by atoms with Crippen molar-refractivity contribution in [3.63, 3.8) is 0 Å². The first-order chi connectivity index (χ1) is 14.0. The van der Waals surface area contributed by atoms with Crippen LogP contribution in [0, 0.1) is 0 Å². The number of methoxy groups -OCH3 is 1. The van der Waals surface area contributed by atoms with Gasteiger partial charge in [-0.05, 0) is 44.5 Å². The normalized spacial score (nSPS) is 21.2. The van der Waals surface area contributed by atoms with Crippen LogP contribution in [-0.2, 0) is 20.9 Å². The van der Waals surface area contributed by atoms with Gasteiger partial charge in [-0.25, -0.2) is 4.79 Å². The highest BCUT2D eigenvalue weighted by Gasteiger charge is 2.46. The molecule has 0 saturated carbocycles. The number of imide groups is 1. The molecule has 1 aromatic carbocycles. The summed E-state index contributed by atoms with van der Waals surface area (Å²) in [6.45, 7) is 5.12. The molecule has 0 spiro atoms. The molecule has 0 aromatic heterocycles. The Labute approximate surface area is 174 Å². The van der Waals surface area contributed by atoms with E-state index in [-0.39, 0.29) is 32.1 Å². The van der Waals surface area contributed by atoms with Gasteiger partial charge in [-0.3, -0.25) is 25.0 Å². The SMILES string of the molecule is COc1ccc2c(c1)CN(CC1(CNC(=O)OC(C)(C)C)NCC(=O)NC1=O)C2=O. The van der Waals surface area contributed by atoms with E-state index in [1.165, 1.54) is 4.90 Å². The second kappa shape index (κ2) is 7.94. The van der Waals surface area contributed by atoms with Gasteiger partial charge >= 0.3 is 6.09 Å². The summed E-state index contributed by atoms with van der Waals surface area (Å²) in [5.41, 5.74) is -0.784. The molecular weight excluding hydrogens is 392 g/mol. The van der Waals surface area contributed by atoms with Crippen molar-refractivity contribution in [1.29, 1.82) is 0 Å². The van der Waals surface area contributed by atoms with E-state index in [9.17, 15) is 19.2 Å². The summed E-state index contributed by atoms with van der Waals surface area (Å²) in [5.74, 6) is -0.704. The molecule has 30 heavy (non-hydrogen) atoms. The van der Waals surface area contributed by atoms with Crippen molar-refractivity contribution in [2.75, 3.05) is 26.7 Å². The van der Waals surface area contributed by atoms with Gasteiger partial charge in [-0.2, -0.15) is 0 Å². The molecule has 3 N–H and O–H groups in total. The smallest absolute Gasteiger partial charge is 0.407 e. The average Bonchev–Trinajstić information content (AvgIpc) is 2.96. The largest absolute Gasteiger partial charge is 0.497 e. The summed E-state index contributed by atoms with van der Waals surface area (Å²) in [6.07, 6.45) is -0.700. The van der Waals surface area contributed by atoms with Crippen molar-refractivity contribution in [3.05, 3.63) is 29.3 Å². The lowest BCUT2D eigenvalue weighted by Crippen LogP contribution is -2.72. The molecular formula is C20H26N4O6. The third kappa shape index (κ3) is 4.54. The lowest BCUT2D eigenvalue weighted by molar-refractivity contribution is -0.138. The summed E-state index contributed by atoms with van der Waals surface area (Å²) in [7, 11) is 1.54. The zero-order chi connectivity index (χ0) is 22.1. The van der Waals surface area contributed by atoms with Crippen molar-refractivity contribution in [1.82, 2.24) is 20.9 Å². The van der Waals surface area contributed by atoms with Crippen LogP contribution >= 0.6 is 0 Å². The number of piperazine rings is 1. The summed E-state index contributed by atoms with van der Waals surface area (Å²) in [5, 5.41) is 7.75. The molecule has 1 fully saturated rings. The number of benzene rings is 1. The minimum absolute atomic E-state index is 0.0439. The number of rotatable bonds is 5. The summed E-state index contributed by atoms with van der Waals surface area (Å²) in [6, 6.07) is 5.15. The highest BCUT2D eigenvalue weighted by molar-refractivity contribution is 6.05. The maximum atomic E-state index is 12.9. The Balaban J connectivity index is 1.78. The van der Waals surface area contributed by atoms with Gasteiger partial charge in [0, 0.05) is 18.7 Å². The fraction of sp³-hybridized carbons (Fsp3) is 0.500. The molecule has 1 saturated heterocycles. The molecule has 1 aromatic rings. The van der Waals surface area contributed by atoms with E-state index in [0.29, 0.717) is 11.3 Å². The highest BCUT2D eigenvalue weighted by atomic mass is 16.6. The van der Waals surface area contributed by atoms with Crippen LogP contribution in [0.3, 0.4) is 0 Å². The first kappa shape index (κ1) is 21.6. The second-order valence-electron chi connectivity index (χ2n) is 8.35. The third-order valence-corrected chi connectivity index (χ3v) is 4.86. The number of hydrogen-bond donors (Lipinski definition) is 3. The van der Waals surface area contributed by atoms with Crippen LogP contribution in [0.15, 0.2) is 18.2 Å². The first-order valence-electron chi connectivity index (χ1n) is 9.55. The fourth-order valence-corrected chi connectivity index (χ4v) is 3.42. The van der Waals surface area contributed by atoms with Gasteiger partial charge in [0.15, 0.2) is 0 Å². The standard InChI is InChI=1S/C20H26N4O6/c1-19(2,3)30-18(28)21-10-20(17(27)23-15(25)8-22-20)11-24-9-12-7-13(29-4)5-6-14(12)16(24)26/h5-7,22H,8-11H2,1-4H3,(H,21,28)(H,23,25,27). The van der Waals surface area contributed by atoms with Gasteiger partial charge in [0.2, 0.25) is 5.91 Å². The van der Waals surface area contributed by atoms with Crippen molar-refractivity contribution < 1.29 is 28.7 Å². The predicted octanol–water partition coefficient (Wildman–Crippen LogP) is 0.161. The summed E-state index contributed by atoms with van der Waals surface area (Å²) < 4.78 is 10.4. The van der Waals surface area contributed by atoms with Crippen molar-refractivity contribution in [3.8, 4) is 5.75 Å². The van der Waals surface area contributed by atoms with Gasteiger partial charge in [-0.1, -0.05) is 0 Å². The predicted molar refractivity (Wildman–Crippen MR) is 106 cm³/mol. The molecule has 10 nitrogen and oxygen atoms in total. The maximum absolute atomic E-state index is 12.9. The van der Waals surface area contributed by atoms with Crippen molar-refractivity contribution in [2.45, 2.75) is 38.5 Å². The van der Waals surface area contributed by atoms with E-state index in [2.05, 4.69) is 16.0 Å². The fourth-order valence-electron chi connectivity index (χ4n) is 3.42. The van der Waals surface area contributed by atoms with E-state index in [4.69, 9.17) is 9.47 Å². The zero-order valence-electron chi connectivity index (χ0n) is 17.5. The van der Waals surface area contributed by atoms with Gasteiger partial charge < -0.3 is 19.7 Å². The molecule has 10 heteroatoms. The van der Waals surface area contributed by atoms with Gasteiger partial charge in [0.25, 0.3) is 11.8 Å². The lowest BCUT2D eigenvalue weighted by atomic mass is 9.95. The minimum atomic E-state index is -1.38. The van der Waals surface area contributed by atoms with E-state index < -0.39 is 29.0 Å². The van der Waals surface area contributed by atoms with Crippen LogP contribution in [-0.4, -0.2) is 66.6 Å². The Kier molecular flexibility index (Phi) is 5.71. The van der Waals surface area contributed by atoms with Crippen LogP contribution < -0.4 is 20.7 Å². The molecule has 1 atom stereocenters. The van der Waals surface area contributed by atoms with Crippen molar-refractivity contribution >= 4 is 23.8 Å². The Morgan fingerprint density at radius 1 is 1.27 bits per heavy atom. The minimum Gasteiger partial charge on any atom is -0.497 e. The first-order valence-corrected chi connectivity index (χ1v) is 9.55. The number of fused-ring (bicyclic) bond motifs is 1. The number of carbonyl (C=O) groups is 4. The van der Waals surface area contributed by atoms with Crippen LogP contribution in [0.4, 0.5) is 4.79 Å². The third-order valence-electron chi connectivity index (χ3n) is 4.86. The maximum Gasteiger partial charge on any atom is 0.407 e. The Morgan fingerprint density at radius 2 is 2.00 bits per heavy atom. The van der Waals surface area contributed by atoms with E-state index >= 15 is 0 Å². The molecule has 0 bridgehead atoms. The number of nitrogens with zero attached hydrogens (tertiary/aromatic N) is 1. The number of hydrogen-bond acceptors (Lipinski definition) is 7. The monoisotopic (exact) mass is 418 g/mol. The zero-order valence-corrected chi connectivity index (χ0v) is 17.5. The van der Waals surface area contributed by atoms with Gasteiger partial charge in [0.1, 0.15) is 16.9 Å². The van der Waals surface area contributed by atoms with Crippen molar-refractivity contribution in [2.24, 2.45) is 0 Å². The molecule has 1 unspecified atom stereocenters. The summed E-state index contributed by atoms with van der Waals surface area (Å²) in [4.78, 5) is 50.9. The quantitative estimate of drug-likeness (QED) is 0.582. The molecule has 2 aliphatic heterocycles. The number of amides is 4. The second-order valence-corrected chi connectivity index (χ2v) is 8.35. The molecule has 2 aliphatic rings. The number of nitrogens with one attached hydrogen (secondary N) is 3. The van der Waals surface area contributed by atoms with Crippen LogP contribution in [0.25, 0.3) is 0 Å². The Hall–Kier alpha value is -3.14. The molecule has 3 rings (SSSR count). The number of carbonyl (C=O) groups excluding carboxylic acids is 4. The summed E-state index contributed by atoms with van der Waals surface area (Å²) >= 11 is 0. The molecule has 2 heterocycles. The molecule has 162 valence electrons. The van der Waals surface area contributed by atoms with E-state index in [1.54, 1.807) is 46.1 Å². The molecule has 0 radical (unpaired) electrons. The van der Waals surface area contributed by atoms with Gasteiger partial charge in [-0.15, -0.1) is 0 Å².